The Bertz CT molecular complexity index is 687. The Morgan fingerprint density at radius 2 is 2.15 bits per heavy atom. The van der Waals surface area contributed by atoms with E-state index in [4.69, 9.17) is 4.52 Å². The first-order valence-electron chi connectivity index (χ1n) is 5.97. The van der Waals surface area contributed by atoms with Crippen molar-refractivity contribution in [1.29, 1.82) is 0 Å². The smallest absolute Gasteiger partial charge is 0.236 e. The van der Waals surface area contributed by atoms with Crippen LogP contribution in [0.5, 0.6) is 0 Å². The zero-order valence-corrected chi connectivity index (χ0v) is 11.5. The van der Waals surface area contributed by atoms with Crippen molar-refractivity contribution in [3.63, 3.8) is 0 Å². The molecule has 0 unspecified atom stereocenters. The van der Waals surface area contributed by atoms with Crippen molar-refractivity contribution in [2.45, 2.75) is 17.7 Å². The number of aromatic nitrogens is 5. The van der Waals surface area contributed by atoms with Crippen LogP contribution in [0.25, 0.3) is 11.5 Å². The molecule has 0 bridgehead atoms. The molecular weight excluding hydrogens is 274 g/mol. The molecule has 0 atom stereocenters. The van der Waals surface area contributed by atoms with E-state index in [2.05, 4.69) is 25.1 Å². The van der Waals surface area contributed by atoms with E-state index in [1.165, 1.54) is 18.1 Å². The summed E-state index contributed by atoms with van der Waals surface area (Å²) < 4.78 is 4.96. The quantitative estimate of drug-likeness (QED) is 0.538. The molecule has 0 radical (unpaired) electrons. The second-order valence-corrected chi connectivity index (χ2v) is 5.01. The van der Waals surface area contributed by atoms with Crippen molar-refractivity contribution < 1.29 is 4.52 Å². The zero-order valence-electron chi connectivity index (χ0n) is 10.7. The van der Waals surface area contributed by atoms with Crippen LogP contribution in [0.3, 0.4) is 0 Å². The molecule has 3 heterocycles. The van der Waals surface area contributed by atoms with Gasteiger partial charge in [0.1, 0.15) is 10.7 Å². The van der Waals surface area contributed by atoms with Crippen LogP contribution in [0.2, 0.25) is 0 Å². The summed E-state index contributed by atoms with van der Waals surface area (Å²) in [6.45, 7) is 1.94. The number of thioether (sulfide) groups is 1. The zero-order chi connectivity index (χ0) is 13.8. The molecular formula is C13H11N5OS. The molecule has 0 amide bonds. The Hall–Kier alpha value is -2.28. The SMILES string of the molecule is Cc1cc(SCc2ncno2)nc(-c2ccccn2)n1. The Kier molecular flexibility index (Phi) is 3.69. The minimum Gasteiger partial charge on any atom is -0.339 e. The first-order valence-corrected chi connectivity index (χ1v) is 6.95. The summed E-state index contributed by atoms with van der Waals surface area (Å²) in [4.78, 5) is 17.2. The molecule has 0 saturated carbocycles. The molecule has 0 aromatic carbocycles. The maximum absolute atomic E-state index is 4.96. The molecule has 0 aliphatic heterocycles. The van der Waals surface area contributed by atoms with Gasteiger partial charge >= 0.3 is 0 Å². The van der Waals surface area contributed by atoms with E-state index in [-0.39, 0.29) is 0 Å². The fourth-order valence-electron chi connectivity index (χ4n) is 1.62. The first kappa shape index (κ1) is 12.7. The van der Waals surface area contributed by atoms with Crippen LogP contribution in [0, 0.1) is 6.92 Å². The fraction of sp³-hybridized carbons (Fsp3) is 0.154. The monoisotopic (exact) mass is 285 g/mol. The van der Waals surface area contributed by atoms with Crippen LogP contribution in [0.15, 0.2) is 46.3 Å². The number of aryl methyl sites for hydroxylation is 1. The van der Waals surface area contributed by atoms with Crippen LogP contribution in [-0.2, 0) is 5.75 Å². The molecule has 0 aliphatic rings. The van der Waals surface area contributed by atoms with Gasteiger partial charge in [-0.05, 0) is 25.1 Å². The van der Waals surface area contributed by atoms with Gasteiger partial charge < -0.3 is 4.52 Å². The van der Waals surface area contributed by atoms with Crippen LogP contribution in [0.1, 0.15) is 11.6 Å². The maximum Gasteiger partial charge on any atom is 0.236 e. The molecule has 0 aliphatic carbocycles. The lowest BCUT2D eigenvalue weighted by molar-refractivity contribution is 0.390. The molecule has 3 aromatic heterocycles. The van der Waals surface area contributed by atoms with Gasteiger partial charge in [0, 0.05) is 11.9 Å². The van der Waals surface area contributed by atoms with Crippen molar-refractivity contribution in [2.24, 2.45) is 0 Å². The number of hydrogen-bond donors (Lipinski definition) is 0. The Balaban J connectivity index is 1.83. The minimum atomic E-state index is 0.575. The van der Waals surface area contributed by atoms with Gasteiger partial charge in [-0.3, -0.25) is 4.98 Å². The fourth-order valence-corrected chi connectivity index (χ4v) is 2.42. The molecule has 3 aromatic rings. The van der Waals surface area contributed by atoms with Crippen LogP contribution >= 0.6 is 11.8 Å². The third-order valence-corrected chi connectivity index (χ3v) is 3.37. The molecule has 6 nitrogen and oxygen atoms in total. The third kappa shape index (κ3) is 3.00. The topological polar surface area (TPSA) is 77.6 Å². The predicted molar refractivity (Wildman–Crippen MR) is 73.9 cm³/mol. The van der Waals surface area contributed by atoms with Gasteiger partial charge in [-0.2, -0.15) is 4.98 Å². The lowest BCUT2D eigenvalue weighted by Crippen LogP contribution is -1.95. The molecule has 0 spiro atoms. The molecule has 0 fully saturated rings. The average Bonchev–Trinajstić information content (AvgIpc) is 2.99. The van der Waals surface area contributed by atoms with Crippen molar-refractivity contribution in [3.05, 3.63) is 48.4 Å². The van der Waals surface area contributed by atoms with E-state index in [0.29, 0.717) is 17.5 Å². The van der Waals surface area contributed by atoms with E-state index in [0.717, 1.165) is 16.4 Å². The summed E-state index contributed by atoms with van der Waals surface area (Å²) in [5.41, 5.74) is 1.66. The molecule has 0 N–H and O–H groups in total. The normalized spacial score (nSPS) is 10.7. The van der Waals surface area contributed by atoms with Crippen molar-refractivity contribution in [1.82, 2.24) is 25.1 Å². The summed E-state index contributed by atoms with van der Waals surface area (Å²) in [6, 6.07) is 7.60. The predicted octanol–water partition coefficient (Wildman–Crippen LogP) is 2.52. The minimum absolute atomic E-state index is 0.575. The van der Waals surface area contributed by atoms with Gasteiger partial charge in [-0.15, -0.1) is 0 Å². The summed E-state index contributed by atoms with van der Waals surface area (Å²) in [6.07, 6.45) is 3.12. The van der Waals surface area contributed by atoms with Gasteiger partial charge in [0.2, 0.25) is 5.89 Å². The van der Waals surface area contributed by atoms with E-state index < -0.39 is 0 Å². The van der Waals surface area contributed by atoms with Crippen molar-refractivity contribution >= 4 is 11.8 Å². The van der Waals surface area contributed by atoms with Gasteiger partial charge in [-0.1, -0.05) is 23.0 Å². The van der Waals surface area contributed by atoms with E-state index in [9.17, 15) is 0 Å². The summed E-state index contributed by atoms with van der Waals surface area (Å²) in [5, 5.41) is 4.43. The Labute approximate surface area is 119 Å². The number of pyridine rings is 1. The number of nitrogens with zero attached hydrogens (tertiary/aromatic N) is 5. The van der Waals surface area contributed by atoms with E-state index >= 15 is 0 Å². The highest BCUT2D eigenvalue weighted by Crippen LogP contribution is 2.22. The molecule has 20 heavy (non-hydrogen) atoms. The molecule has 0 saturated heterocycles. The summed E-state index contributed by atoms with van der Waals surface area (Å²) in [5.74, 6) is 1.78. The van der Waals surface area contributed by atoms with Crippen LogP contribution < -0.4 is 0 Å². The standard InChI is InChI=1S/C13H11N5OS/c1-9-6-12(20-7-11-15-8-16-19-11)18-13(17-9)10-4-2-3-5-14-10/h2-6,8H,7H2,1H3. The Morgan fingerprint density at radius 1 is 1.20 bits per heavy atom. The second kappa shape index (κ2) is 5.79. The van der Waals surface area contributed by atoms with Gasteiger partial charge in [0.25, 0.3) is 0 Å². The van der Waals surface area contributed by atoms with Crippen molar-refractivity contribution in [3.8, 4) is 11.5 Å². The highest BCUT2D eigenvalue weighted by Gasteiger charge is 2.08. The third-order valence-electron chi connectivity index (χ3n) is 2.48. The average molecular weight is 285 g/mol. The van der Waals surface area contributed by atoms with E-state index in [1.807, 2.05) is 31.2 Å². The van der Waals surface area contributed by atoms with E-state index in [1.54, 1.807) is 6.20 Å². The molecule has 100 valence electrons. The second-order valence-electron chi connectivity index (χ2n) is 4.01. The first-order chi connectivity index (χ1) is 9.81. The largest absolute Gasteiger partial charge is 0.339 e. The number of rotatable bonds is 4. The summed E-state index contributed by atoms with van der Waals surface area (Å²) >= 11 is 1.53. The van der Waals surface area contributed by atoms with Gasteiger partial charge in [-0.25, -0.2) is 9.97 Å². The highest BCUT2D eigenvalue weighted by molar-refractivity contribution is 7.98. The van der Waals surface area contributed by atoms with Crippen LogP contribution in [0.4, 0.5) is 0 Å². The summed E-state index contributed by atoms with van der Waals surface area (Å²) in [7, 11) is 0. The number of hydrogen-bond acceptors (Lipinski definition) is 7. The lowest BCUT2D eigenvalue weighted by atomic mass is 10.3. The van der Waals surface area contributed by atoms with Crippen molar-refractivity contribution in [2.75, 3.05) is 0 Å². The maximum atomic E-state index is 4.96. The highest BCUT2D eigenvalue weighted by atomic mass is 32.2. The van der Waals surface area contributed by atoms with Crippen LogP contribution in [-0.4, -0.2) is 25.1 Å². The van der Waals surface area contributed by atoms with Gasteiger partial charge in [0.15, 0.2) is 12.2 Å². The lowest BCUT2D eigenvalue weighted by Gasteiger charge is -2.04. The molecule has 7 heteroatoms. The van der Waals surface area contributed by atoms with Gasteiger partial charge in [0.05, 0.1) is 5.75 Å². The molecule has 3 rings (SSSR count). The Morgan fingerprint density at radius 3 is 2.90 bits per heavy atom.